The van der Waals surface area contributed by atoms with Crippen LogP contribution in [-0.4, -0.2) is 31.1 Å². The first kappa shape index (κ1) is 14.8. The van der Waals surface area contributed by atoms with E-state index in [0.29, 0.717) is 16.6 Å². The summed E-state index contributed by atoms with van der Waals surface area (Å²) in [5.74, 6) is 0. The smallest absolute Gasteiger partial charge is 0.101 e. The van der Waals surface area contributed by atoms with Crippen molar-refractivity contribution in [1.29, 1.82) is 5.26 Å². The fraction of sp³-hybridized carbons (Fsp3) is 0.500. The summed E-state index contributed by atoms with van der Waals surface area (Å²) in [6.45, 7) is 6.13. The van der Waals surface area contributed by atoms with E-state index in [0.717, 1.165) is 25.2 Å². The zero-order valence-corrected chi connectivity index (χ0v) is 12.0. The van der Waals surface area contributed by atoms with Gasteiger partial charge in [-0.3, -0.25) is 0 Å². The van der Waals surface area contributed by atoms with Crippen LogP contribution in [0.15, 0.2) is 18.2 Å². The van der Waals surface area contributed by atoms with E-state index in [4.69, 9.17) is 16.9 Å². The second-order valence-corrected chi connectivity index (χ2v) is 4.90. The minimum atomic E-state index is 0.571. The molecule has 0 aliphatic heterocycles. The number of nitrogens with zero attached hydrogens (tertiary/aromatic N) is 2. The largest absolute Gasteiger partial charge is 0.383 e. The molecule has 4 heteroatoms. The Morgan fingerprint density at radius 3 is 2.83 bits per heavy atom. The number of benzene rings is 1. The molecule has 0 heterocycles. The van der Waals surface area contributed by atoms with Crippen LogP contribution in [0.5, 0.6) is 0 Å². The summed E-state index contributed by atoms with van der Waals surface area (Å²) in [5, 5.41) is 12.9. The van der Waals surface area contributed by atoms with Crippen LogP contribution < -0.4 is 5.32 Å². The van der Waals surface area contributed by atoms with Crippen LogP contribution in [0.25, 0.3) is 0 Å². The van der Waals surface area contributed by atoms with Crippen LogP contribution in [0, 0.1) is 11.3 Å². The number of nitrogens with one attached hydrogen (secondary N) is 1. The van der Waals surface area contributed by atoms with Gasteiger partial charge < -0.3 is 10.2 Å². The molecule has 0 radical (unpaired) electrons. The van der Waals surface area contributed by atoms with E-state index in [9.17, 15) is 0 Å². The van der Waals surface area contributed by atoms with Crippen molar-refractivity contribution in [3.63, 3.8) is 0 Å². The lowest BCUT2D eigenvalue weighted by molar-refractivity contribution is 0.261. The van der Waals surface area contributed by atoms with Crippen molar-refractivity contribution in [2.24, 2.45) is 0 Å². The molecule has 0 aliphatic carbocycles. The Hall–Kier alpha value is -1.24. The second kappa shape index (κ2) is 7.25. The van der Waals surface area contributed by atoms with Crippen molar-refractivity contribution in [3.05, 3.63) is 28.8 Å². The Kier molecular flexibility index (Phi) is 5.97. The molecule has 18 heavy (non-hydrogen) atoms. The van der Waals surface area contributed by atoms with Crippen LogP contribution >= 0.6 is 11.6 Å². The van der Waals surface area contributed by atoms with Gasteiger partial charge in [0, 0.05) is 24.2 Å². The number of rotatable bonds is 6. The highest BCUT2D eigenvalue weighted by atomic mass is 35.5. The molecule has 0 saturated carbocycles. The van der Waals surface area contributed by atoms with Gasteiger partial charge in [-0.1, -0.05) is 18.5 Å². The van der Waals surface area contributed by atoms with Crippen molar-refractivity contribution >= 4 is 17.3 Å². The van der Waals surface area contributed by atoms with Crippen LogP contribution in [0.2, 0.25) is 5.02 Å². The Morgan fingerprint density at radius 1 is 1.50 bits per heavy atom. The number of hydrogen-bond acceptors (Lipinski definition) is 3. The van der Waals surface area contributed by atoms with Crippen molar-refractivity contribution in [3.8, 4) is 6.07 Å². The molecule has 0 bridgehead atoms. The van der Waals surface area contributed by atoms with Gasteiger partial charge in [0.1, 0.15) is 6.07 Å². The lowest BCUT2D eigenvalue weighted by Gasteiger charge is -2.23. The molecule has 0 spiro atoms. The number of anilines is 1. The first-order valence-electron chi connectivity index (χ1n) is 6.22. The zero-order valence-electron chi connectivity index (χ0n) is 11.2. The lowest BCUT2D eigenvalue weighted by atomic mass is 10.2. The van der Waals surface area contributed by atoms with E-state index in [1.54, 1.807) is 18.2 Å². The van der Waals surface area contributed by atoms with Crippen LogP contribution in [-0.2, 0) is 0 Å². The normalized spacial score (nSPS) is 12.2. The van der Waals surface area contributed by atoms with Crippen LogP contribution in [0.3, 0.4) is 0 Å². The third kappa shape index (κ3) is 4.21. The maximum atomic E-state index is 9.00. The van der Waals surface area contributed by atoms with E-state index in [1.807, 2.05) is 0 Å². The lowest BCUT2D eigenvalue weighted by Crippen LogP contribution is -2.32. The molecule has 1 aromatic rings. The molecule has 0 aromatic heterocycles. The number of hydrogen-bond donors (Lipinski definition) is 1. The first-order valence-corrected chi connectivity index (χ1v) is 6.60. The average molecular weight is 266 g/mol. The quantitative estimate of drug-likeness (QED) is 0.857. The summed E-state index contributed by atoms with van der Waals surface area (Å²) in [5.41, 5.74) is 1.44. The molecule has 1 aromatic carbocycles. The molecule has 1 rings (SSSR count). The van der Waals surface area contributed by atoms with Gasteiger partial charge in [0.05, 0.1) is 11.3 Å². The molecule has 3 nitrogen and oxygen atoms in total. The maximum absolute atomic E-state index is 9.00. The highest BCUT2D eigenvalue weighted by Crippen LogP contribution is 2.20. The maximum Gasteiger partial charge on any atom is 0.101 e. The molecule has 1 atom stereocenters. The van der Waals surface area contributed by atoms with E-state index in [2.05, 4.69) is 37.2 Å². The Labute approximate surface area is 114 Å². The number of nitriles is 1. The summed E-state index contributed by atoms with van der Waals surface area (Å²) in [6, 6.07) is 8.00. The van der Waals surface area contributed by atoms with Crippen molar-refractivity contribution < 1.29 is 0 Å². The summed E-state index contributed by atoms with van der Waals surface area (Å²) in [7, 11) is 2.11. The molecule has 98 valence electrons. The van der Waals surface area contributed by atoms with Crippen molar-refractivity contribution in [2.45, 2.75) is 26.3 Å². The summed E-state index contributed by atoms with van der Waals surface area (Å²) in [6.07, 6.45) is 1.14. The second-order valence-electron chi connectivity index (χ2n) is 4.47. The molecular formula is C14H20ClN3. The summed E-state index contributed by atoms with van der Waals surface area (Å²) >= 11 is 5.93. The number of halogens is 1. The van der Waals surface area contributed by atoms with E-state index in [1.165, 1.54) is 0 Å². The highest BCUT2D eigenvalue weighted by Gasteiger charge is 2.07. The van der Waals surface area contributed by atoms with Gasteiger partial charge >= 0.3 is 0 Å². The van der Waals surface area contributed by atoms with Crippen LogP contribution in [0.1, 0.15) is 25.8 Å². The van der Waals surface area contributed by atoms with E-state index in [-0.39, 0.29) is 0 Å². The van der Waals surface area contributed by atoms with Gasteiger partial charge in [-0.2, -0.15) is 5.26 Å². The number of likely N-dealkylation sites (N-methyl/N-ethyl adjacent to an activating group) is 1. The topological polar surface area (TPSA) is 39.1 Å². The third-order valence-corrected chi connectivity index (χ3v) is 3.46. The molecule has 1 unspecified atom stereocenters. The molecule has 0 aliphatic rings. The molecule has 0 amide bonds. The van der Waals surface area contributed by atoms with Gasteiger partial charge in [-0.15, -0.1) is 0 Å². The molecule has 0 saturated heterocycles. The zero-order chi connectivity index (χ0) is 13.5. The van der Waals surface area contributed by atoms with E-state index >= 15 is 0 Å². The predicted molar refractivity (Wildman–Crippen MR) is 77.0 cm³/mol. The fourth-order valence-corrected chi connectivity index (χ4v) is 1.83. The standard InChI is InChI=1S/C14H20ClN3/c1-4-11(2)18(3)8-7-17-14-9-13(15)6-5-12(14)10-16/h5-6,9,11,17H,4,7-8H2,1-3H3. The third-order valence-electron chi connectivity index (χ3n) is 3.23. The van der Waals surface area contributed by atoms with Crippen molar-refractivity contribution in [1.82, 2.24) is 4.90 Å². The van der Waals surface area contributed by atoms with Gasteiger partial charge in [0.15, 0.2) is 0 Å². The molecule has 1 N–H and O–H groups in total. The monoisotopic (exact) mass is 265 g/mol. The average Bonchev–Trinajstić information content (AvgIpc) is 2.38. The van der Waals surface area contributed by atoms with Gasteiger partial charge in [-0.25, -0.2) is 0 Å². The van der Waals surface area contributed by atoms with E-state index < -0.39 is 0 Å². The van der Waals surface area contributed by atoms with Crippen LogP contribution in [0.4, 0.5) is 5.69 Å². The predicted octanol–water partition coefficient (Wildman–Crippen LogP) is 3.35. The summed E-state index contributed by atoms with van der Waals surface area (Å²) in [4.78, 5) is 2.30. The van der Waals surface area contributed by atoms with Crippen molar-refractivity contribution in [2.75, 3.05) is 25.5 Å². The fourth-order valence-electron chi connectivity index (χ4n) is 1.66. The Morgan fingerprint density at radius 2 is 2.22 bits per heavy atom. The van der Waals surface area contributed by atoms with Gasteiger partial charge in [-0.05, 0) is 38.6 Å². The summed E-state index contributed by atoms with van der Waals surface area (Å²) < 4.78 is 0. The first-order chi connectivity index (χ1) is 8.58. The molecule has 0 fully saturated rings. The Balaban J connectivity index is 2.54. The minimum absolute atomic E-state index is 0.571. The minimum Gasteiger partial charge on any atom is -0.383 e. The van der Waals surface area contributed by atoms with Gasteiger partial charge in [0.2, 0.25) is 0 Å². The SMILES string of the molecule is CCC(C)N(C)CCNc1cc(Cl)ccc1C#N. The molecular weight excluding hydrogens is 246 g/mol. The Bertz CT molecular complexity index is 426. The van der Waals surface area contributed by atoms with Gasteiger partial charge in [0.25, 0.3) is 0 Å². The highest BCUT2D eigenvalue weighted by molar-refractivity contribution is 6.30.